The van der Waals surface area contributed by atoms with Crippen molar-refractivity contribution in [1.82, 2.24) is 4.90 Å². The Balaban J connectivity index is 1.62. The second-order valence-corrected chi connectivity index (χ2v) is 10.4. The Morgan fingerprint density at radius 1 is 0.825 bits per heavy atom. The van der Waals surface area contributed by atoms with Crippen LogP contribution in [0.15, 0.2) is 30.3 Å². The molecule has 2 fully saturated rings. The molecule has 0 amide bonds. The lowest BCUT2D eigenvalue weighted by Crippen LogP contribution is -2.62. The highest BCUT2D eigenvalue weighted by molar-refractivity contribution is 5.14. The van der Waals surface area contributed by atoms with Gasteiger partial charge in [-0.05, 0) is 24.8 Å². The third-order valence-electron chi connectivity index (χ3n) is 7.30. The van der Waals surface area contributed by atoms with E-state index in [1.54, 1.807) is 7.11 Å². The summed E-state index contributed by atoms with van der Waals surface area (Å²) in [6.07, 6.45) is 3.00. The summed E-state index contributed by atoms with van der Waals surface area (Å²) in [6, 6.07) is 10.6. The van der Waals surface area contributed by atoms with Crippen LogP contribution in [-0.2, 0) is 44.3 Å². The molecule has 2 aliphatic heterocycles. The van der Waals surface area contributed by atoms with Crippen molar-refractivity contribution in [2.24, 2.45) is 0 Å². The molecule has 0 radical (unpaired) electrons. The summed E-state index contributed by atoms with van der Waals surface area (Å²) in [5.41, 5.74) is 1.34. The van der Waals surface area contributed by atoms with E-state index in [0.717, 1.165) is 51.7 Å². The fraction of sp³-hybridized carbons (Fsp3) is 0.806. The molecule has 40 heavy (non-hydrogen) atoms. The molecule has 0 unspecified atom stereocenters. The van der Waals surface area contributed by atoms with Crippen LogP contribution >= 0.6 is 0 Å². The average molecular weight is 568 g/mol. The summed E-state index contributed by atoms with van der Waals surface area (Å²) in [5, 5.41) is 0. The Morgan fingerprint density at radius 3 is 2.17 bits per heavy atom. The molecule has 0 aromatic heterocycles. The maximum atomic E-state index is 6.44. The number of hydrogen-bond donors (Lipinski definition) is 0. The van der Waals surface area contributed by atoms with Gasteiger partial charge in [-0.15, -0.1) is 0 Å². The minimum Gasteiger partial charge on any atom is -0.379 e. The van der Waals surface area contributed by atoms with Gasteiger partial charge in [0.25, 0.3) is 0 Å². The van der Waals surface area contributed by atoms with E-state index in [1.165, 1.54) is 5.56 Å². The highest BCUT2D eigenvalue weighted by Crippen LogP contribution is 2.29. The lowest BCUT2D eigenvalue weighted by atomic mass is 9.98. The molecule has 2 aliphatic rings. The van der Waals surface area contributed by atoms with Crippen molar-refractivity contribution in [2.45, 2.75) is 76.7 Å². The van der Waals surface area contributed by atoms with Gasteiger partial charge >= 0.3 is 0 Å². The maximum Gasteiger partial charge on any atom is 0.186 e. The van der Waals surface area contributed by atoms with Gasteiger partial charge in [0.15, 0.2) is 6.29 Å². The van der Waals surface area contributed by atoms with Gasteiger partial charge in [0.05, 0.1) is 46.2 Å². The van der Waals surface area contributed by atoms with Crippen LogP contribution in [0, 0.1) is 0 Å². The molecule has 0 aliphatic carbocycles. The van der Waals surface area contributed by atoms with Crippen molar-refractivity contribution in [3.05, 3.63) is 35.9 Å². The molecule has 9 nitrogen and oxygen atoms in total. The number of nitrogens with zero attached hydrogens (tertiary/aromatic N) is 1. The molecule has 230 valence electrons. The predicted octanol–water partition coefficient (Wildman–Crippen LogP) is 3.72. The smallest absolute Gasteiger partial charge is 0.186 e. The van der Waals surface area contributed by atoms with Crippen molar-refractivity contribution < 1.29 is 37.9 Å². The molecule has 5 atom stereocenters. The normalized spacial score (nSPS) is 27.9. The highest BCUT2D eigenvalue weighted by atomic mass is 16.7. The van der Waals surface area contributed by atoms with Crippen molar-refractivity contribution in [3.63, 3.8) is 0 Å². The summed E-state index contributed by atoms with van der Waals surface area (Å²) in [6.45, 7) is 11.8. The molecule has 2 heterocycles. The number of fused-ring (bicyclic) bond motifs is 1. The summed E-state index contributed by atoms with van der Waals surface area (Å²) >= 11 is 0. The van der Waals surface area contributed by atoms with Gasteiger partial charge in [-0.2, -0.15) is 0 Å². The van der Waals surface area contributed by atoms with Crippen LogP contribution in [0.4, 0.5) is 0 Å². The molecule has 2 saturated heterocycles. The van der Waals surface area contributed by atoms with Crippen LogP contribution < -0.4 is 0 Å². The molecule has 0 spiro atoms. The van der Waals surface area contributed by atoms with Crippen LogP contribution in [0.2, 0.25) is 0 Å². The molecular formula is C31H53NO8. The van der Waals surface area contributed by atoms with Gasteiger partial charge in [-0.25, -0.2) is 0 Å². The summed E-state index contributed by atoms with van der Waals surface area (Å²) in [7, 11) is 1.64. The minimum atomic E-state index is -0.596. The summed E-state index contributed by atoms with van der Waals surface area (Å²) < 4.78 is 49.1. The highest BCUT2D eigenvalue weighted by Gasteiger charge is 2.48. The molecule has 0 bridgehead atoms. The lowest BCUT2D eigenvalue weighted by molar-refractivity contribution is -0.319. The number of rotatable bonds is 13. The molecular weight excluding hydrogens is 514 g/mol. The van der Waals surface area contributed by atoms with Crippen LogP contribution in [0.3, 0.4) is 0 Å². The second-order valence-electron chi connectivity index (χ2n) is 10.4. The van der Waals surface area contributed by atoms with Crippen LogP contribution in [0.25, 0.3) is 0 Å². The number of unbranched alkanes of at least 4 members (excludes halogenated alkanes) is 2. The van der Waals surface area contributed by atoms with Gasteiger partial charge in [-0.3, -0.25) is 4.90 Å². The Kier molecular flexibility index (Phi) is 17.3. The van der Waals surface area contributed by atoms with Crippen molar-refractivity contribution in [2.75, 3.05) is 86.2 Å². The van der Waals surface area contributed by atoms with E-state index in [1.807, 2.05) is 0 Å². The fourth-order valence-electron chi connectivity index (χ4n) is 4.92. The van der Waals surface area contributed by atoms with E-state index in [4.69, 9.17) is 37.9 Å². The number of ether oxygens (including phenoxy) is 8. The number of methoxy groups -OCH3 is 1. The van der Waals surface area contributed by atoms with Crippen LogP contribution in [-0.4, -0.2) is 122 Å². The van der Waals surface area contributed by atoms with Gasteiger partial charge in [-0.1, -0.05) is 57.0 Å². The minimum absolute atomic E-state index is 0.319. The van der Waals surface area contributed by atoms with E-state index in [-0.39, 0.29) is 18.3 Å². The van der Waals surface area contributed by atoms with E-state index in [2.05, 4.69) is 49.1 Å². The third kappa shape index (κ3) is 12.0. The SMILES string of the molecule is CCCCOC[C@H]1O[C@H](OC)[C@@H]2OCCOCCN(CCc3ccccc3)CCOCCO[C@H]2[C@@H]1OCCCC. The van der Waals surface area contributed by atoms with Crippen molar-refractivity contribution >= 4 is 0 Å². The van der Waals surface area contributed by atoms with Crippen LogP contribution in [0.1, 0.15) is 45.1 Å². The number of benzene rings is 1. The summed E-state index contributed by atoms with van der Waals surface area (Å²) in [4.78, 5) is 2.39. The van der Waals surface area contributed by atoms with Gasteiger partial charge in [0, 0.05) is 40.0 Å². The van der Waals surface area contributed by atoms with E-state index < -0.39 is 12.4 Å². The number of hydrogen-bond acceptors (Lipinski definition) is 9. The second kappa shape index (κ2) is 20.7. The van der Waals surface area contributed by atoms with Gasteiger partial charge < -0.3 is 37.9 Å². The lowest BCUT2D eigenvalue weighted by Gasteiger charge is -2.45. The van der Waals surface area contributed by atoms with Crippen molar-refractivity contribution in [1.29, 1.82) is 0 Å². The first kappa shape index (κ1) is 33.4. The molecule has 3 rings (SSSR count). The van der Waals surface area contributed by atoms with E-state index in [0.29, 0.717) is 59.5 Å². The molecule has 1 aromatic carbocycles. The first-order chi connectivity index (χ1) is 19.8. The standard InChI is InChI=1S/C31H53NO8/c1-4-6-17-36-25-27-28(37-18-7-5-2)29-30(31(33-3)40-27)39-24-22-35-20-16-32(15-19-34-21-23-38-29)14-13-26-11-9-8-10-12-26/h8-12,27-31H,4-7,13-25H2,1-3H3/t27-,28-,29+,30-,31+/m1/s1. The Hall–Kier alpha value is -1.14. The summed E-state index contributed by atoms with van der Waals surface area (Å²) in [5.74, 6) is 0. The van der Waals surface area contributed by atoms with Gasteiger partial charge in [0.2, 0.25) is 0 Å². The first-order valence-corrected chi connectivity index (χ1v) is 15.3. The largest absolute Gasteiger partial charge is 0.379 e. The van der Waals surface area contributed by atoms with E-state index >= 15 is 0 Å². The molecule has 9 heteroatoms. The molecule has 0 N–H and O–H groups in total. The zero-order chi connectivity index (χ0) is 28.3. The fourth-order valence-corrected chi connectivity index (χ4v) is 4.92. The molecule has 1 aromatic rings. The first-order valence-electron chi connectivity index (χ1n) is 15.3. The Morgan fingerprint density at radius 2 is 1.50 bits per heavy atom. The van der Waals surface area contributed by atoms with E-state index in [9.17, 15) is 0 Å². The Labute approximate surface area is 241 Å². The third-order valence-corrected chi connectivity index (χ3v) is 7.30. The van der Waals surface area contributed by atoms with Crippen LogP contribution in [0.5, 0.6) is 0 Å². The Bertz CT molecular complexity index is 741. The van der Waals surface area contributed by atoms with Gasteiger partial charge in [0.1, 0.15) is 24.4 Å². The topological polar surface area (TPSA) is 77.1 Å². The predicted molar refractivity (Wildman–Crippen MR) is 154 cm³/mol. The molecule has 0 saturated carbocycles. The quantitative estimate of drug-likeness (QED) is 0.332. The average Bonchev–Trinajstić information content (AvgIpc) is 2.99. The van der Waals surface area contributed by atoms with Crippen molar-refractivity contribution in [3.8, 4) is 0 Å². The zero-order valence-electron chi connectivity index (χ0n) is 25.0. The monoisotopic (exact) mass is 567 g/mol. The zero-order valence-corrected chi connectivity index (χ0v) is 25.0. The maximum absolute atomic E-state index is 6.44.